The summed E-state index contributed by atoms with van der Waals surface area (Å²) >= 11 is 3.10. The molecule has 2 aromatic carbocycles. The highest BCUT2D eigenvalue weighted by molar-refractivity contribution is 8.38. The van der Waals surface area contributed by atoms with Gasteiger partial charge >= 0.3 is 0 Å². The highest BCUT2D eigenvalue weighted by Crippen LogP contribution is 2.34. The molecule has 0 unspecified atom stereocenters. The van der Waals surface area contributed by atoms with Crippen LogP contribution < -0.4 is 14.8 Å². The van der Waals surface area contributed by atoms with E-state index in [0.717, 1.165) is 15.8 Å². The topological polar surface area (TPSA) is 59.9 Å². The van der Waals surface area contributed by atoms with Crippen molar-refractivity contribution in [3.8, 4) is 11.5 Å². The van der Waals surface area contributed by atoms with Crippen LogP contribution in [0.15, 0.2) is 47.5 Å². The molecular weight excluding hydrogens is 356 g/mol. The lowest BCUT2D eigenvalue weighted by Crippen LogP contribution is -2.16. The van der Waals surface area contributed by atoms with Gasteiger partial charge in [0.25, 0.3) is 0 Å². The van der Waals surface area contributed by atoms with Gasteiger partial charge in [0.15, 0.2) is 0 Å². The molecule has 25 heavy (non-hydrogen) atoms. The molecule has 0 spiro atoms. The number of anilines is 1. The molecule has 0 atom stereocenters. The Morgan fingerprint density at radius 3 is 2.88 bits per heavy atom. The van der Waals surface area contributed by atoms with Gasteiger partial charge in [0.05, 0.1) is 31.3 Å². The Kier molecular flexibility index (Phi) is 5.88. The Morgan fingerprint density at radius 2 is 2.08 bits per heavy atom. The zero-order valence-electron chi connectivity index (χ0n) is 13.9. The number of rotatable bonds is 5. The third-order valence-electron chi connectivity index (χ3n) is 3.56. The van der Waals surface area contributed by atoms with Crippen LogP contribution in [-0.4, -0.2) is 30.3 Å². The molecule has 7 heteroatoms. The number of amides is 1. The van der Waals surface area contributed by atoms with Crippen LogP contribution >= 0.6 is 23.5 Å². The molecule has 1 aliphatic rings. The fraction of sp³-hybridized carbons (Fsp3) is 0.222. The number of ether oxygens (including phenoxy) is 2. The smallest absolute Gasteiger partial charge is 0.234 e. The van der Waals surface area contributed by atoms with Gasteiger partial charge in [-0.2, -0.15) is 0 Å². The van der Waals surface area contributed by atoms with Gasteiger partial charge in [-0.1, -0.05) is 41.7 Å². The minimum atomic E-state index is -0.112. The lowest BCUT2D eigenvalue weighted by molar-refractivity contribution is -0.113. The first-order valence-electron chi connectivity index (χ1n) is 7.63. The number of fused-ring (bicyclic) bond motifs is 1. The van der Waals surface area contributed by atoms with Crippen molar-refractivity contribution in [2.24, 2.45) is 4.99 Å². The van der Waals surface area contributed by atoms with Crippen LogP contribution in [-0.2, 0) is 10.5 Å². The maximum atomic E-state index is 12.3. The molecule has 130 valence electrons. The van der Waals surface area contributed by atoms with E-state index in [-0.39, 0.29) is 11.7 Å². The third kappa shape index (κ3) is 4.49. The van der Waals surface area contributed by atoms with Gasteiger partial charge in [-0.05, 0) is 23.8 Å². The van der Waals surface area contributed by atoms with Crippen LogP contribution in [0.1, 0.15) is 5.56 Å². The molecule has 5 nitrogen and oxygen atoms in total. The number of carbonyl (C=O) groups is 1. The molecule has 3 rings (SSSR count). The average Bonchev–Trinajstić information content (AvgIpc) is 2.66. The number of hydrogen-bond donors (Lipinski definition) is 1. The van der Waals surface area contributed by atoms with Crippen molar-refractivity contribution >= 4 is 45.2 Å². The molecule has 0 saturated heterocycles. The number of aliphatic imine (C=N–C) groups is 1. The van der Waals surface area contributed by atoms with Gasteiger partial charge in [-0.25, -0.2) is 4.99 Å². The highest BCUT2D eigenvalue weighted by Gasteiger charge is 2.15. The van der Waals surface area contributed by atoms with Crippen LogP contribution in [0.3, 0.4) is 0 Å². The van der Waals surface area contributed by atoms with E-state index in [1.165, 1.54) is 17.3 Å². The monoisotopic (exact) mass is 374 g/mol. The summed E-state index contributed by atoms with van der Waals surface area (Å²) in [4.78, 5) is 16.9. The first-order chi connectivity index (χ1) is 12.2. The number of para-hydroxylation sites is 1. The molecule has 0 aromatic heterocycles. The zero-order valence-corrected chi connectivity index (χ0v) is 15.6. The molecule has 0 radical (unpaired) electrons. The van der Waals surface area contributed by atoms with Crippen LogP contribution in [0.5, 0.6) is 11.5 Å². The quantitative estimate of drug-likeness (QED) is 0.845. The number of benzene rings is 2. The maximum Gasteiger partial charge on any atom is 0.234 e. The summed E-state index contributed by atoms with van der Waals surface area (Å²) in [5, 5.41) is 2.87. The molecule has 1 aliphatic heterocycles. The average molecular weight is 374 g/mol. The molecule has 0 bridgehead atoms. The standard InChI is InChI=1S/C18H18N2O3S2/c1-22-13-7-8-16(23-2)15(9-13)19-17(21)11-25-18-20-14-6-4-3-5-12(14)10-24-18/h3-9H,10-11H2,1-2H3,(H,19,21). The summed E-state index contributed by atoms with van der Waals surface area (Å²) in [7, 11) is 3.15. The van der Waals surface area contributed by atoms with Gasteiger partial charge in [-0.15, -0.1) is 0 Å². The SMILES string of the molecule is COc1ccc(OC)c(NC(=O)CSC2=Nc3ccccc3CS2)c1. The van der Waals surface area contributed by atoms with Crippen molar-refractivity contribution in [3.05, 3.63) is 48.0 Å². The van der Waals surface area contributed by atoms with Gasteiger partial charge in [0.1, 0.15) is 15.9 Å². The predicted molar refractivity (Wildman–Crippen MR) is 105 cm³/mol. The summed E-state index contributed by atoms with van der Waals surface area (Å²) in [6.45, 7) is 0. The molecule has 2 aromatic rings. The number of carbonyl (C=O) groups excluding carboxylic acids is 1. The summed E-state index contributed by atoms with van der Waals surface area (Å²) < 4.78 is 11.4. The summed E-state index contributed by atoms with van der Waals surface area (Å²) in [5.41, 5.74) is 2.80. The second kappa shape index (κ2) is 8.31. The molecule has 0 fully saturated rings. The summed E-state index contributed by atoms with van der Waals surface area (Å²) in [5.74, 6) is 2.31. The van der Waals surface area contributed by atoms with Gasteiger partial charge in [0.2, 0.25) is 5.91 Å². The van der Waals surface area contributed by atoms with Gasteiger partial charge < -0.3 is 14.8 Å². The van der Waals surface area contributed by atoms with E-state index in [2.05, 4.69) is 16.4 Å². The minimum Gasteiger partial charge on any atom is -0.497 e. The Balaban J connectivity index is 1.62. The predicted octanol–water partition coefficient (Wildman–Crippen LogP) is 4.31. The fourth-order valence-electron chi connectivity index (χ4n) is 2.31. The second-order valence-electron chi connectivity index (χ2n) is 5.20. The number of nitrogens with one attached hydrogen (secondary N) is 1. The normalized spacial score (nSPS) is 12.8. The van der Waals surface area contributed by atoms with E-state index in [1.807, 2.05) is 18.2 Å². The van der Waals surface area contributed by atoms with Gasteiger partial charge in [0, 0.05) is 11.8 Å². The highest BCUT2D eigenvalue weighted by atomic mass is 32.2. The Hall–Kier alpha value is -2.12. The number of hydrogen-bond acceptors (Lipinski definition) is 6. The Morgan fingerprint density at radius 1 is 1.24 bits per heavy atom. The van der Waals surface area contributed by atoms with Crippen LogP contribution in [0.4, 0.5) is 11.4 Å². The number of nitrogens with zero attached hydrogens (tertiary/aromatic N) is 1. The summed E-state index contributed by atoms with van der Waals surface area (Å²) in [6, 6.07) is 13.4. The minimum absolute atomic E-state index is 0.112. The largest absolute Gasteiger partial charge is 0.497 e. The maximum absolute atomic E-state index is 12.3. The third-order valence-corrected chi connectivity index (χ3v) is 5.81. The molecule has 0 saturated carbocycles. The van der Waals surface area contributed by atoms with Crippen molar-refractivity contribution in [1.29, 1.82) is 0 Å². The lowest BCUT2D eigenvalue weighted by atomic mass is 10.2. The van der Waals surface area contributed by atoms with Crippen molar-refractivity contribution in [2.45, 2.75) is 5.75 Å². The van der Waals surface area contributed by atoms with Crippen LogP contribution in [0.25, 0.3) is 0 Å². The van der Waals surface area contributed by atoms with E-state index >= 15 is 0 Å². The van der Waals surface area contributed by atoms with E-state index in [1.54, 1.807) is 44.2 Å². The molecule has 1 heterocycles. The van der Waals surface area contributed by atoms with Crippen molar-refractivity contribution in [1.82, 2.24) is 0 Å². The lowest BCUT2D eigenvalue weighted by Gasteiger charge is -2.14. The summed E-state index contributed by atoms with van der Waals surface area (Å²) in [6.07, 6.45) is 0. The molecule has 0 aliphatic carbocycles. The molecule has 1 N–H and O–H groups in total. The van der Waals surface area contributed by atoms with E-state index in [9.17, 15) is 4.79 Å². The molecular formula is C18H18N2O3S2. The van der Waals surface area contributed by atoms with Crippen molar-refractivity contribution in [3.63, 3.8) is 0 Å². The van der Waals surface area contributed by atoms with E-state index < -0.39 is 0 Å². The number of thioether (sulfide) groups is 2. The van der Waals surface area contributed by atoms with Gasteiger partial charge in [-0.3, -0.25) is 4.79 Å². The van der Waals surface area contributed by atoms with E-state index in [0.29, 0.717) is 17.2 Å². The number of methoxy groups -OCH3 is 2. The Bertz CT molecular complexity index is 809. The first-order valence-corrected chi connectivity index (χ1v) is 9.61. The second-order valence-corrected chi connectivity index (χ2v) is 7.38. The molecule has 1 amide bonds. The van der Waals surface area contributed by atoms with Crippen LogP contribution in [0.2, 0.25) is 0 Å². The van der Waals surface area contributed by atoms with Crippen molar-refractivity contribution in [2.75, 3.05) is 25.3 Å². The first kappa shape index (κ1) is 17.7. The van der Waals surface area contributed by atoms with Crippen molar-refractivity contribution < 1.29 is 14.3 Å². The fourth-order valence-corrected chi connectivity index (χ4v) is 4.17. The Labute approximate surface area is 155 Å². The zero-order chi connectivity index (χ0) is 17.6. The van der Waals surface area contributed by atoms with E-state index in [4.69, 9.17) is 9.47 Å². The van der Waals surface area contributed by atoms with Crippen LogP contribution in [0, 0.1) is 0 Å².